The molecule has 5 nitrogen and oxygen atoms in total. The average Bonchev–Trinajstić information content (AvgIpc) is 2.50. The maximum absolute atomic E-state index is 12.3. The Bertz CT molecular complexity index is 442. The molecule has 1 aromatic rings. The normalized spacial score (nSPS) is 11.3. The highest BCUT2D eigenvalue weighted by Crippen LogP contribution is 2.16. The molecule has 0 aromatic heterocycles. The highest BCUT2D eigenvalue weighted by molar-refractivity contribution is 5.68. The second-order valence-corrected chi connectivity index (χ2v) is 6.28. The molecule has 0 aliphatic heterocycles. The lowest BCUT2D eigenvalue weighted by molar-refractivity contribution is 0.0235. The molecule has 0 unspecified atom stereocenters. The van der Waals surface area contributed by atoms with Gasteiger partial charge in [0.05, 0.1) is 19.8 Å². The maximum atomic E-state index is 12.3. The van der Waals surface area contributed by atoms with Gasteiger partial charge in [0.15, 0.2) is 0 Å². The van der Waals surface area contributed by atoms with Crippen molar-refractivity contribution in [2.24, 2.45) is 0 Å². The molecule has 5 heteroatoms. The van der Waals surface area contributed by atoms with Crippen molar-refractivity contribution >= 4 is 6.09 Å². The van der Waals surface area contributed by atoms with Gasteiger partial charge in [-0.05, 0) is 32.8 Å². The van der Waals surface area contributed by atoms with Crippen molar-refractivity contribution < 1.29 is 19.0 Å². The summed E-state index contributed by atoms with van der Waals surface area (Å²) in [6.07, 6.45) is 0.501. The molecule has 0 aliphatic carbocycles. The van der Waals surface area contributed by atoms with Crippen molar-refractivity contribution in [1.82, 2.24) is 4.90 Å². The van der Waals surface area contributed by atoms with E-state index in [1.54, 1.807) is 12.0 Å². The average molecular weight is 323 g/mol. The van der Waals surface area contributed by atoms with Crippen LogP contribution in [0.25, 0.3) is 0 Å². The van der Waals surface area contributed by atoms with Crippen molar-refractivity contribution in [2.75, 3.05) is 40.1 Å². The molecule has 0 heterocycles. The Morgan fingerprint density at radius 2 is 1.70 bits per heavy atom. The zero-order valence-corrected chi connectivity index (χ0v) is 14.7. The van der Waals surface area contributed by atoms with Crippen LogP contribution in [0.4, 0.5) is 4.79 Å². The summed E-state index contributed by atoms with van der Waals surface area (Å²) in [4.78, 5) is 14.1. The smallest absolute Gasteiger partial charge is 0.410 e. The fourth-order valence-corrected chi connectivity index (χ4v) is 2.10. The molecular weight excluding hydrogens is 294 g/mol. The summed E-state index contributed by atoms with van der Waals surface area (Å²) in [6, 6.07) is 10.1. The van der Waals surface area contributed by atoms with E-state index < -0.39 is 0 Å². The number of benzene rings is 1. The minimum absolute atomic E-state index is 0.250. The number of rotatable bonds is 9. The zero-order valence-electron chi connectivity index (χ0n) is 14.7. The Kier molecular flexibility index (Phi) is 8.66. The van der Waals surface area contributed by atoms with Gasteiger partial charge in [0.1, 0.15) is 6.61 Å². The predicted molar refractivity (Wildman–Crippen MR) is 90.6 cm³/mol. The largest absolute Gasteiger partial charge is 0.447 e. The Balaban J connectivity index is 2.42. The molecule has 0 bridgehead atoms. The molecule has 0 N–H and O–H groups in total. The Labute approximate surface area is 139 Å². The first kappa shape index (κ1) is 19.5. The second kappa shape index (κ2) is 10.2. The zero-order chi connectivity index (χ0) is 17.1. The number of amides is 1. The summed E-state index contributed by atoms with van der Waals surface area (Å²) >= 11 is 0. The second-order valence-electron chi connectivity index (χ2n) is 6.28. The Hall–Kier alpha value is -1.59. The van der Waals surface area contributed by atoms with Crippen LogP contribution in [0, 0.1) is 0 Å². The molecule has 0 atom stereocenters. The van der Waals surface area contributed by atoms with Crippen molar-refractivity contribution in [3.63, 3.8) is 0 Å². The molecule has 23 heavy (non-hydrogen) atoms. The lowest BCUT2D eigenvalue weighted by Gasteiger charge is -2.34. The van der Waals surface area contributed by atoms with Crippen molar-refractivity contribution in [3.05, 3.63) is 35.9 Å². The summed E-state index contributed by atoms with van der Waals surface area (Å²) in [5, 5.41) is 0. The summed E-state index contributed by atoms with van der Waals surface area (Å²) in [5.74, 6) is 0. The van der Waals surface area contributed by atoms with Crippen LogP contribution in [0.15, 0.2) is 30.3 Å². The summed E-state index contributed by atoms with van der Waals surface area (Å²) < 4.78 is 15.5. The molecule has 0 saturated heterocycles. The third-order valence-corrected chi connectivity index (χ3v) is 3.38. The van der Waals surface area contributed by atoms with Crippen molar-refractivity contribution in [2.45, 2.75) is 32.7 Å². The molecular formula is C18H29NO4. The van der Waals surface area contributed by atoms with Gasteiger partial charge < -0.3 is 19.1 Å². The maximum Gasteiger partial charge on any atom is 0.410 e. The van der Waals surface area contributed by atoms with Crippen LogP contribution >= 0.6 is 0 Å². The molecule has 0 radical (unpaired) electrons. The first-order chi connectivity index (χ1) is 10.9. The fraction of sp³-hybridized carbons (Fsp3) is 0.611. The Morgan fingerprint density at radius 1 is 1.04 bits per heavy atom. The standard InChI is InChI=1S/C18H29NO4/c1-18(2,3)19(11-10-16-8-6-5-7-9-16)17(20)23-15-14-22-13-12-21-4/h5-9H,10-15H2,1-4H3. The van der Waals surface area contributed by atoms with Gasteiger partial charge in [0.25, 0.3) is 0 Å². The van der Waals surface area contributed by atoms with Crippen molar-refractivity contribution in [3.8, 4) is 0 Å². The predicted octanol–water partition coefficient (Wildman–Crippen LogP) is 3.13. The lowest BCUT2D eigenvalue weighted by Crippen LogP contribution is -2.47. The van der Waals surface area contributed by atoms with E-state index in [2.05, 4.69) is 12.1 Å². The Morgan fingerprint density at radius 3 is 2.30 bits per heavy atom. The van der Waals surface area contributed by atoms with E-state index in [0.717, 1.165) is 6.42 Å². The van der Waals surface area contributed by atoms with Crippen LogP contribution in [-0.4, -0.2) is 56.6 Å². The van der Waals surface area contributed by atoms with Crippen LogP contribution < -0.4 is 0 Å². The fourth-order valence-electron chi connectivity index (χ4n) is 2.10. The molecule has 1 amide bonds. The van der Waals surface area contributed by atoms with Crippen LogP contribution in [0.1, 0.15) is 26.3 Å². The number of hydrogen-bond acceptors (Lipinski definition) is 4. The summed E-state index contributed by atoms with van der Waals surface area (Å²) in [5.41, 5.74) is 0.917. The molecule has 1 rings (SSSR count). The lowest BCUT2D eigenvalue weighted by atomic mass is 10.1. The van der Waals surface area contributed by atoms with Crippen molar-refractivity contribution in [1.29, 1.82) is 0 Å². The van der Waals surface area contributed by atoms with Crippen LogP contribution in [0.3, 0.4) is 0 Å². The first-order valence-corrected chi connectivity index (χ1v) is 8.00. The third-order valence-electron chi connectivity index (χ3n) is 3.38. The molecule has 0 spiro atoms. The number of carbonyl (C=O) groups is 1. The summed E-state index contributed by atoms with van der Waals surface area (Å²) in [7, 11) is 1.62. The van der Waals surface area contributed by atoms with E-state index in [-0.39, 0.29) is 18.2 Å². The van der Waals surface area contributed by atoms with Gasteiger partial charge in [-0.3, -0.25) is 0 Å². The first-order valence-electron chi connectivity index (χ1n) is 8.00. The summed E-state index contributed by atoms with van der Waals surface area (Å²) in [6.45, 7) is 8.32. The quantitative estimate of drug-likeness (QED) is 0.655. The number of nitrogens with zero attached hydrogens (tertiary/aromatic N) is 1. The number of carbonyl (C=O) groups excluding carboxylic acids is 1. The molecule has 1 aromatic carbocycles. The number of ether oxygens (including phenoxy) is 3. The third kappa shape index (κ3) is 8.00. The molecule has 130 valence electrons. The minimum atomic E-state index is -0.302. The molecule has 0 fully saturated rings. The van der Waals surface area contributed by atoms with Gasteiger partial charge >= 0.3 is 6.09 Å². The van der Waals surface area contributed by atoms with E-state index in [1.165, 1.54) is 5.56 Å². The number of methoxy groups -OCH3 is 1. The van der Waals surface area contributed by atoms with E-state index >= 15 is 0 Å². The highest BCUT2D eigenvalue weighted by Gasteiger charge is 2.27. The van der Waals surface area contributed by atoms with Crippen LogP contribution in [-0.2, 0) is 20.6 Å². The van der Waals surface area contributed by atoms with Gasteiger partial charge in [-0.15, -0.1) is 0 Å². The van der Waals surface area contributed by atoms with Gasteiger partial charge in [-0.25, -0.2) is 4.79 Å². The van der Waals surface area contributed by atoms with E-state index in [1.807, 2.05) is 39.0 Å². The van der Waals surface area contributed by atoms with E-state index in [4.69, 9.17) is 14.2 Å². The van der Waals surface area contributed by atoms with E-state index in [0.29, 0.717) is 26.4 Å². The molecule has 0 aliphatic rings. The van der Waals surface area contributed by atoms with Gasteiger partial charge in [-0.1, -0.05) is 30.3 Å². The molecule has 0 saturated carbocycles. The monoisotopic (exact) mass is 323 g/mol. The topological polar surface area (TPSA) is 48.0 Å². The van der Waals surface area contributed by atoms with Gasteiger partial charge in [-0.2, -0.15) is 0 Å². The van der Waals surface area contributed by atoms with Crippen LogP contribution in [0.2, 0.25) is 0 Å². The van der Waals surface area contributed by atoms with Gasteiger partial charge in [0, 0.05) is 19.2 Å². The minimum Gasteiger partial charge on any atom is -0.447 e. The van der Waals surface area contributed by atoms with Crippen LogP contribution in [0.5, 0.6) is 0 Å². The van der Waals surface area contributed by atoms with Gasteiger partial charge in [0.2, 0.25) is 0 Å². The van der Waals surface area contributed by atoms with E-state index in [9.17, 15) is 4.79 Å². The SMILES string of the molecule is COCCOCCOC(=O)N(CCc1ccccc1)C(C)(C)C. The number of hydrogen-bond donors (Lipinski definition) is 0. The highest BCUT2D eigenvalue weighted by atomic mass is 16.6.